The number of hydrogen-bond acceptors (Lipinski definition) is 3. The van der Waals surface area contributed by atoms with Gasteiger partial charge in [0, 0.05) is 6.54 Å². The second kappa shape index (κ2) is 8.79. The van der Waals surface area contributed by atoms with Gasteiger partial charge in [-0.15, -0.1) is 0 Å². The largest absolute Gasteiger partial charge is 0.483 e. The molecule has 1 amide bonds. The molecule has 1 aromatic carbocycles. The Hall–Kier alpha value is -1.55. The average Bonchev–Trinajstić information content (AvgIpc) is 2.41. The first-order valence-electron chi connectivity index (χ1n) is 7.97. The molecule has 2 N–H and O–H groups in total. The molecule has 0 aromatic heterocycles. The van der Waals surface area contributed by atoms with Crippen LogP contribution < -0.4 is 10.1 Å². The molecule has 0 aliphatic rings. The number of amides is 1. The van der Waals surface area contributed by atoms with Gasteiger partial charge in [-0.3, -0.25) is 4.79 Å². The quantitative estimate of drug-likeness (QED) is 0.776. The second-order valence-electron chi connectivity index (χ2n) is 6.48. The Morgan fingerprint density at radius 2 is 1.95 bits per heavy atom. The summed E-state index contributed by atoms with van der Waals surface area (Å²) in [4.78, 5) is 11.9. The first-order chi connectivity index (χ1) is 10.3. The predicted octanol–water partition coefficient (Wildman–Crippen LogP) is 3.02. The maximum absolute atomic E-state index is 11.9. The number of nitrogens with one attached hydrogen (secondary N) is 1. The standard InChI is InChI=1S/C18H29NO3/c1-12(2)16-7-6-13(3)9-17(16)22-11-18(21)19-10-14(4)8-15(5)20/h6-7,9,12,14-15,20H,8,10-11H2,1-5H3,(H,19,21). The molecule has 0 bridgehead atoms. The van der Waals surface area contributed by atoms with Gasteiger partial charge in [-0.05, 0) is 49.3 Å². The third kappa shape index (κ3) is 6.48. The molecule has 22 heavy (non-hydrogen) atoms. The van der Waals surface area contributed by atoms with Crippen molar-refractivity contribution in [3.05, 3.63) is 29.3 Å². The van der Waals surface area contributed by atoms with Crippen LogP contribution in [0.15, 0.2) is 18.2 Å². The van der Waals surface area contributed by atoms with E-state index in [1.165, 1.54) is 0 Å². The van der Waals surface area contributed by atoms with Crippen molar-refractivity contribution in [3.8, 4) is 5.75 Å². The molecule has 4 nitrogen and oxygen atoms in total. The van der Waals surface area contributed by atoms with Crippen LogP contribution in [0.2, 0.25) is 0 Å². The molecule has 4 heteroatoms. The summed E-state index contributed by atoms with van der Waals surface area (Å²) in [7, 11) is 0. The van der Waals surface area contributed by atoms with Crippen molar-refractivity contribution in [3.63, 3.8) is 0 Å². The van der Waals surface area contributed by atoms with Crippen molar-refractivity contribution in [2.24, 2.45) is 5.92 Å². The number of carbonyl (C=O) groups excluding carboxylic acids is 1. The van der Waals surface area contributed by atoms with Gasteiger partial charge in [-0.1, -0.05) is 32.9 Å². The van der Waals surface area contributed by atoms with Crippen molar-refractivity contribution in [1.82, 2.24) is 5.32 Å². The molecule has 0 saturated heterocycles. The lowest BCUT2D eigenvalue weighted by atomic mass is 10.0. The molecule has 124 valence electrons. The van der Waals surface area contributed by atoms with Gasteiger partial charge in [0.2, 0.25) is 0 Å². The van der Waals surface area contributed by atoms with Crippen LogP contribution >= 0.6 is 0 Å². The lowest BCUT2D eigenvalue weighted by Crippen LogP contribution is -2.33. The molecule has 0 radical (unpaired) electrons. The number of aliphatic hydroxyl groups excluding tert-OH is 1. The van der Waals surface area contributed by atoms with E-state index in [-0.39, 0.29) is 24.5 Å². The molecular weight excluding hydrogens is 278 g/mol. The van der Waals surface area contributed by atoms with E-state index in [1.807, 2.05) is 19.9 Å². The molecule has 0 saturated carbocycles. The lowest BCUT2D eigenvalue weighted by Gasteiger charge is -2.16. The Labute approximate surface area is 133 Å². The minimum absolute atomic E-state index is 0.0184. The van der Waals surface area contributed by atoms with E-state index in [4.69, 9.17) is 4.74 Å². The Morgan fingerprint density at radius 3 is 2.55 bits per heavy atom. The third-order valence-electron chi connectivity index (χ3n) is 3.54. The first-order valence-corrected chi connectivity index (χ1v) is 7.97. The predicted molar refractivity (Wildman–Crippen MR) is 89.2 cm³/mol. The summed E-state index contributed by atoms with van der Waals surface area (Å²) in [6, 6.07) is 6.08. The zero-order valence-electron chi connectivity index (χ0n) is 14.3. The Bertz CT molecular complexity index is 483. The zero-order chi connectivity index (χ0) is 16.7. The second-order valence-corrected chi connectivity index (χ2v) is 6.48. The van der Waals surface area contributed by atoms with E-state index in [0.29, 0.717) is 18.9 Å². The van der Waals surface area contributed by atoms with Crippen molar-refractivity contribution in [2.75, 3.05) is 13.2 Å². The number of rotatable bonds is 8. The van der Waals surface area contributed by atoms with Crippen LogP contribution in [-0.4, -0.2) is 30.3 Å². The van der Waals surface area contributed by atoms with Gasteiger partial charge in [-0.2, -0.15) is 0 Å². The van der Waals surface area contributed by atoms with Crippen LogP contribution in [-0.2, 0) is 4.79 Å². The van der Waals surface area contributed by atoms with E-state index in [2.05, 4.69) is 31.3 Å². The number of benzene rings is 1. The molecule has 2 atom stereocenters. The highest BCUT2D eigenvalue weighted by Crippen LogP contribution is 2.27. The van der Waals surface area contributed by atoms with Gasteiger partial charge < -0.3 is 15.2 Å². The van der Waals surface area contributed by atoms with Crippen LogP contribution in [0.4, 0.5) is 0 Å². The minimum Gasteiger partial charge on any atom is -0.483 e. The SMILES string of the molecule is Cc1ccc(C(C)C)c(OCC(=O)NCC(C)CC(C)O)c1. The number of ether oxygens (including phenoxy) is 1. The summed E-state index contributed by atoms with van der Waals surface area (Å²) in [6.07, 6.45) is 0.334. The van der Waals surface area contributed by atoms with Crippen LogP contribution in [0.25, 0.3) is 0 Å². The lowest BCUT2D eigenvalue weighted by molar-refractivity contribution is -0.123. The maximum Gasteiger partial charge on any atom is 0.257 e. The van der Waals surface area contributed by atoms with Gasteiger partial charge in [0.25, 0.3) is 5.91 Å². The smallest absolute Gasteiger partial charge is 0.257 e. The number of hydrogen-bond donors (Lipinski definition) is 2. The fraction of sp³-hybridized carbons (Fsp3) is 0.611. The van der Waals surface area contributed by atoms with Crippen LogP contribution in [0, 0.1) is 12.8 Å². The highest BCUT2D eigenvalue weighted by atomic mass is 16.5. The number of aryl methyl sites for hydroxylation is 1. The average molecular weight is 307 g/mol. The summed E-state index contributed by atoms with van der Waals surface area (Å²) < 4.78 is 5.69. The van der Waals surface area contributed by atoms with Crippen molar-refractivity contribution >= 4 is 5.91 Å². The molecule has 0 heterocycles. The molecule has 0 aliphatic carbocycles. The Balaban J connectivity index is 2.49. The molecule has 0 aliphatic heterocycles. The normalized spacial score (nSPS) is 13.8. The van der Waals surface area contributed by atoms with Crippen molar-refractivity contribution in [2.45, 2.75) is 53.1 Å². The van der Waals surface area contributed by atoms with Gasteiger partial charge >= 0.3 is 0 Å². The van der Waals surface area contributed by atoms with Gasteiger partial charge in [-0.25, -0.2) is 0 Å². The third-order valence-corrected chi connectivity index (χ3v) is 3.54. The summed E-state index contributed by atoms with van der Waals surface area (Å²) in [5, 5.41) is 12.2. The van der Waals surface area contributed by atoms with E-state index in [9.17, 15) is 9.90 Å². The van der Waals surface area contributed by atoms with Crippen LogP contribution in [0.3, 0.4) is 0 Å². The van der Waals surface area contributed by atoms with Gasteiger partial charge in [0.05, 0.1) is 6.10 Å². The minimum atomic E-state index is -0.343. The number of carbonyl (C=O) groups is 1. The van der Waals surface area contributed by atoms with Crippen molar-refractivity contribution in [1.29, 1.82) is 0 Å². The molecule has 2 unspecified atom stereocenters. The summed E-state index contributed by atoms with van der Waals surface area (Å²) in [5.74, 6) is 1.25. The molecule has 1 rings (SSSR count). The van der Waals surface area contributed by atoms with Gasteiger partial charge in [0.15, 0.2) is 6.61 Å². The van der Waals surface area contributed by atoms with Crippen LogP contribution in [0.5, 0.6) is 5.75 Å². The van der Waals surface area contributed by atoms with Crippen LogP contribution in [0.1, 0.15) is 51.2 Å². The number of aliphatic hydroxyl groups is 1. The topological polar surface area (TPSA) is 58.6 Å². The Kier molecular flexibility index (Phi) is 7.39. The van der Waals surface area contributed by atoms with E-state index < -0.39 is 0 Å². The summed E-state index contributed by atoms with van der Waals surface area (Å²) in [5.41, 5.74) is 2.23. The van der Waals surface area contributed by atoms with Gasteiger partial charge in [0.1, 0.15) is 5.75 Å². The van der Waals surface area contributed by atoms with E-state index in [1.54, 1.807) is 6.92 Å². The monoisotopic (exact) mass is 307 g/mol. The highest BCUT2D eigenvalue weighted by molar-refractivity contribution is 5.77. The summed E-state index contributed by atoms with van der Waals surface area (Å²) >= 11 is 0. The molecule has 0 spiro atoms. The van der Waals surface area contributed by atoms with E-state index in [0.717, 1.165) is 16.9 Å². The molecular formula is C18H29NO3. The zero-order valence-corrected chi connectivity index (χ0v) is 14.3. The first kappa shape index (κ1) is 18.5. The van der Waals surface area contributed by atoms with E-state index >= 15 is 0 Å². The fourth-order valence-corrected chi connectivity index (χ4v) is 2.39. The Morgan fingerprint density at radius 1 is 1.27 bits per heavy atom. The molecule has 1 aromatic rings. The van der Waals surface area contributed by atoms with Crippen molar-refractivity contribution < 1.29 is 14.6 Å². The molecule has 0 fully saturated rings. The summed E-state index contributed by atoms with van der Waals surface area (Å²) in [6.45, 7) is 10.6. The maximum atomic E-state index is 11.9. The highest BCUT2D eigenvalue weighted by Gasteiger charge is 2.11. The fourth-order valence-electron chi connectivity index (χ4n) is 2.39.